The second-order valence-corrected chi connectivity index (χ2v) is 6.93. The molecule has 1 aromatic heterocycles. The van der Waals surface area contributed by atoms with Gasteiger partial charge in [0.1, 0.15) is 0 Å². The summed E-state index contributed by atoms with van der Waals surface area (Å²) in [7, 11) is 0. The summed E-state index contributed by atoms with van der Waals surface area (Å²) in [5.74, 6) is -0.382. The first-order valence-electron chi connectivity index (χ1n) is 9.76. The van der Waals surface area contributed by atoms with Gasteiger partial charge in [-0.15, -0.1) is 0 Å². The molecular weight excluding hydrogens is 384 g/mol. The van der Waals surface area contributed by atoms with Crippen LogP contribution >= 0.6 is 0 Å². The number of aromatic nitrogens is 2. The Morgan fingerprint density at radius 3 is 2.53 bits per heavy atom. The van der Waals surface area contributed by atoms with E-state index in [1.165, 1.54) is 19.1 Å². The first-order chi connectivity index (χ1) is 14.3. The van der Waals surface area contributed by atoms with Crippen LogP contribution in [-0.4, -0.2) is 32.8 Å². The SMILES string of the molecule is CCN(Cc1cccc(NC(=O)c2ccc3c(=O)n(CC)c(=O)[nH]c3c2)c1)C(C)=O. The summed E-state index contributed by atoms with van der Waals surface area (Å²) in [5.41, 5.74) is 1.22. The fourth-order valence-corrected chi connectivity index (χ4v) is 3.30. The average molecular weight is 408 g/mol. The van der Waals surface area contributed by atoms with E-state index in [2.05, 4.69) is 10.3 Å². The van der Waals surface area contributed by atoms with E-state index in [1.54, 1.807) is 24.0 Å². The van der Waals surface area contributed by atoms with Gasteiger partial charge in [0, 0.05) is 37.8 Å². The molecule has 0 spiro atoms. The molecule has 30 heavy (non-hydrogen) atoms. The number of nitrogens with zero attached hydrogens (tertiary/aromatic N) is 2. The lowest BCUT2D eigenvalue weighted by atomic mass is 10.1. The van der Waals surface area contributed by atoms with Crippen LogP contribution in [0.3, 0.4) is 0 Å². The molecule has 1 heterocycles. The van der Waals surface area contributed by atoms with Gasteiger partial charge in [-0.1, -0.05) is 12.1 Å². The zero-order valence-corrected chi connectivity index (χ0v) is 17.2. The number of H-pyrrole nitrogens is 1. The molecule has 0 radical (unpaired) electrons. The van der Waals surface area contributed by atoms with Crippen molar-refractivity contribution in [2.24, 2.45) is 0 Å². The highest BCUT2D eigenvalue weighted by Crippen LogP contribution is 2.16. The summed E-state index contributed by atoms with van der Waals surface area (Å²) >= 11 is 0. The van der Waals surface area contributed by atoms with E-state index in [0.29, 0.717) is 35.2 Å². The molecular formula is C22H24N4O4. The van der Waals surface area contributed by atoms with Gasteiger partial charge in [0.15, 0.2) is 0 Å². The van der Waals surface area contributed by atoms with Crippen molar-refractivity contribution in [2.45, 2.75) is 33.9 Å². The zero-order valence-electron chi connectivity index (χ0n) is 17.2. The van der Waals surface area contributed by atoms with E-state index in [-0.39, 0.29) is 23.9 Å². The Balaban J connectivity index is 1.85. The topological polar surface area (TPSA) is 104 Å². The Morgan fingerprint density at radius 2 is 1.87 bits per heavy atom. The molecule has 0 atom stereocenters. The monoisotopic (exact) mass is 408 g/mol. The molecule has 0 unspecified atom stereocenters. The van der Waals surface area contributed by atoms with Crippen molar-refractivity contribution < 1.29 is 9.59 Å². The lowest BCUT2D eigenvalue weighted by Gasteiger charge is -2.19. The van der Waals surface area contributed by atoms with Gasteiger partial charge >= 0.3 is 5.69 Å². The molecule has 0 aliphatic carbocycles. The van der Waals surface area contributed by atoms with Crippen LogP contribution in [0, 0.1) is 0 Å². The standard InChI is InChI=1S/C22H24N4O4/c1-4-25(14(3)27)13-15-7-6-8-17(11-15)23-20(28)16-9-10-18-19(12-16)24-22(30)26(5-2)21(18)29/h6-12H,4-5,13H2,1-3H3,(H,23,28)(H,24,30). The number of hydrogen-bond donors (Lipinski definition) is 2. The molecule has 0 bridgehead atoms. The number of fused-ring (bicyclic) bond motifs is 1. The van der Waals surface area contributed by atoms with Crippen LogP contribution in [0.25, 0.3) is 10.9 Å². The summed E-state index contributed by atoms with van der Waals surface area (Å²) in [4.78, 5) is 53.1. The minimum absolute atomic E-state index is 0.0146. The van der Waals surface area contributed by atoms with Crippen molar-refractivity contribution >= 4 is 28.4 Å². The van der Waals surface area contributed by atoms with Gasteiger partial charge in [-0.25, -0.2) is 4.79 Å². The van der Waals surface area contributed by atoms with Crippen molar-refractivity contribution in [1.82, 2.24) is 14.5 Å². The molecule has 3 rings (SSSR count). The van der Waals surface area contributed by atoms with Crippen LogP contribution in [0.15, 0.2) is 52.1 Å². The second kappa shape index (κ2) is 8.77. The summed E-state index contributed by atoms with van der Waals surface area (Å²) in [6, 6.07) is 11.9. The maximum Gasteiger partial charge on any atom is 0.328 e. The van der Waals surface area contributed by atoms with Crippen LogP contribution in [-0.2, 0) is 17.9 Å². The number of anilines is 1. The van der Waals surface area contributed by atoms with Crippen molar-refractivity contribution in [1.29, 1.82) is 0 Å². The zero-order chi connectivity index (χ0) is 21.8. The molecule has 0 aliphatic heterocycles. The minimum atomic E-state index is -0.508. The van der Waals surface area contributed by atoms with Crippen molar-refractivity contribution in [3.05, 3.63) is 74.4 Å². The molecule has 0 fully saturated rings. The minimum Gasteiger partial charge on any atom is -0.339 e. The lowest BCUT2D eigenvalue weighted by molar-refractivity contribution is -0.129. The average Bonchev–Trinajstić information content (AvgIpc) is 2.72. The van der Waals surface area contributed by atoms with Crippen molar-refractivity contribution in [2.75, 3.05) is 11.9 Å². The Bertz CT molecular complexity index is 1230. The Morgan fingerprint density at radius 1 is 1.10 bits per heavy atom. The number of amides is 2. The van der Waals surface area contributed by atoms with Gasteiger partial charge in [-0.3, -0.25) is 19.0 Å². The van der Waals surface area contributed by atoms with Crippen LogP contribution in [0.5, 0.6) is 0 Å². The van der Waals surface area contributed by atoms with Crippen molar-refractivity contribution in [3.8, 4) is 0 Å². The van der Waals surface area contributed by atoms with Gasteiger partial charge in [0.2, 0.25) is 5.91 Å². The number of carbonyl (C=O) groups excluding carboxylic acids is 2. The van der Waals surface area contributed by atoms with Crippen LogP contribution in [0.4, 0.5) is 5.69 Å². The fourth-order valence-electron chi connectivity index (χ4n) is 3.30. The van der Waals surface area contributed by atoms with Gasteiger partial charge in [0.05, 0.1) is 10.9 Å². The largest absolute Gasteiger partial charge is 0.339 e. The van der Waals surface area contributed by atoms with E-state index >= 15 is 0 Å². The predicted molar refractivity (Wildman–Crippen MR) is 116 cm³/mol. The van der Waals surface area contributed by atoms with E-state index in [4.69, 9.17) is 0 Å². The number of aromatic amines is 1. The third-order valence-electron chi connectivity index (χ3n) is 4.95. The number of carbonyl (C=O) groups is 2. The van der Waals surface area contributed by atoms with Crippen LogP contribution in [0.2, 0.25) is 0 Å². The molecule has 156 valence electrons. The third kappa shape index (κ3) is 4.32. The van der Waals surface area contributed by atoms with E-state index < -0.39 is 5.69 Å². The molecule has 3 aromatic rings. The van der Waals surface area contributed by atoms with Crippen LogP contribution in [0.1, 0.15) is 36.7 Å². The lowest BCUT2D eigenvalue weighted by Crippen LogP contribution is -2.34. The summed E-state index contributed by atoms with van der Waals surface area (Å²) in [6.45, 7) is 6.47. The Hall–Kier alpha value is -3.68. The molecule has 0 aliphatic rings. The van der Waals surface area contributed by atoms with E-state index in [1.807, 2.05) is 25.1 Å². The maximum absolute atomic E-state index is 12.7. The molecule has 8 nitrogen and oxygen atoms in total. The van der Waals surface area contributed by atoms with E-state index in [9.17, 15) is 19.2 Å². The second-order valence-electron chi connectivity index (χ2n) is 6.93. The summed E-state index contributed by atoms with van der Waals surface area (Å²) < 4.78 is 1.11. The summed E-state index contributed by atoms with van der Waals surface area (Å²) in [5, 5.41) is 3.16. The number of hydrogen-bond acceptors (Lipinski definition) is 4. The molecule has 8 heteroatoms. The van der Waals surface area contributed by atoms with Gasteiger partial charge in [-0.05, 0) is 49.7 Å². The number of nitrogens with one attached hydrogen (secondary N) is 2. The Labute approximate surface area is 173 Å². The Kier molecular flexibility index (Phi) is 6.15. The van der Waals surface area contributed by atoms with Gasteiger partial charge in [0.25, 0.3) is 11.5 Å². The third-order valence-corrected chi connectivity index (χ3v) is 4.95. The van der Waals surface area contributed by atoms with Gasteiger partial charge < -0.3 is 15.2 Å². The quantitative estimate of drug-likeness (QED) is 0.653. The highest BCUT2D eigenvalue weighted by atomic mass is 16.2. The predicted octanol–water partition coefficient (Wildman–Crippen LogP) is 2.33. The maximum atomic E-state index is 12.7. The highest BCUT2D eigenvalue weighted by molar-refractivity contribution is 6.06. The van der Waals surface area contributed by atoms with Gasteiger partial charge in [-0.2, -0.15) is 0 Å². The molecule has 0 saturated carbocycles. The molecule has 2 amide bonds. The molecule has 0 saturated heterocycles. The molecule has 2 aromatic carbocycles. The molecule has 2 N–H and O–H groups in total. The summed E-state index contributed by atoms with van der Waals surface area (Å²) in [6.07, 6.45) is 0. The van der Waals surface area contributed by atoms with Crippen LogP contribution < -0.4 is 16.6 Å². The highest BCUT2D eigenvalue weighted by Gasteiger charge is 2.12. The normalized spacial score (nSPS) is 10.8. The number of benzene rings is 2. The first-order valence-corrected chi connectivity index (χ1v) is 9.76. The van der Waals surface area contributed by atoms with E-state index in [0.717, 1.165) is 10.1 Å². The fraction of sp³-hybridized carbons (Fsp3) is 0.273. The first kappa shape index (κ1) is 21.0. The van der Waals surface area contributed by atoms with Crippen molar-refractivity contribution in [3.63, 3.8) is 0 Å². The smallest absolute Gasteiger partial charge is 0.328 e. The number of rotatable bonds is 6.